The van der Waals surface area contributed by atoms with Crippen LogP contribution in [0.25, 0.3) is 0 Å². The second-order valence-corrected chi connectivity index (χ2v) is 5.98. The molecule has 20 heavy (non-hydrogen) atoms. The van der Waals surface area contributed by atoms with Gasteiger partial charge in [-0.3, -0.25) is 4.79 Å². The molecule has 108 valence electrons. The van der Waals surface area contributed by atoms with Crippen molar-refractivity contribution < 1.29 is 4.79 Å². The minimum absolute atomic E-state index is 0.145. The zero-order valence-electron chi connectivity index (χ0n) is 11.8. The fourth-order valence-electron chi connectivity index (χ4n) is 2.43. The molecule has 1 aromatic carbocycles. The molecule has 0 atom stereocenters. The van der Waals surface area contributed by atoms with Gasteiger partial charge in [0.15, 0.2) is 0 Å². The summed E-state index contributed by atoms with van der Waals surface area (Å²) in [6, 6.07) is 8.79. The van der Waals surface area contributed by atoms with E-state index in [9.17, 15) is 4.79 Å². The average Bonchev–Trinajstić information content (AvgIpc) is 3.36. The second-order valence-electron chi connectivity index (χ2n) is 5.98. The summed E-state index contributed by atoms with van der Waals surface area (Å²) < 4.78 is 0. The predicted molar refractivity (Wildman–Crippen MR) is 80.4 cm³/mol. The van der Waals surface area contributed by atoms with Gasteiger partial charge in [-0.1, -0.05) is 12.1 Å². The van der Waals surface area contributed by atoms with Gasteiger partial charge in [0, 0.05) is 24.8 Å². The largest absolute Gasteiger partial charge is 0.359 e. The van der Waals surface area contributed by atoms with Gasteiger partial charge in [0.25, 0.3) is 0 Å². The van der Waals surface area contributed by atoms with Crippen molar-refractivity contribution >= 4 is 11.6 Å². The number of nitrogens with two attached hydrogens (primary N) is 1. The van der Waals surface area contributed by atoms with Crippen molar-refractivity contribution in [2.45, 2.75) is 38.3 Å². The molecular formula is C16H23N3O. The molecule has 0 saturated heterocycles. The highest BCUT2D eigenvalue weighted by Crippen LogP contribution is 2.31. The third-order valence-corrected chi connectivity index (χ3v) is 4.09. The van der Waals surface area contributed by atoms with Gasteiger partial charge in [0.1, 0.15) is 0 Å². The van der Waals surface area contributed by atoms with E-state index in [1.165, 1.54) is 25.7 Å². The van der Waals surface area contributed by atoms with Crippen LogP contribution in [0.3, 0.4) is 0 Å². The topological polar surface area (TPSA) is 58.4 Å². The maximum absolute atomic E-state index is 12.0. The Bertz CT molecular complexity index is 463. The van der Waals surface area contributed by atoms with Crippen molar-refractivity contribution in [3.05, 3.63) is 29.8 Å². The van der Waals surface area contributed by atoms with E-state index in [-0.39, 0.29) is 5.91 Å². The number of anilines is 1. The summed E-state index contributed by atoms with van der Waals surface area (Å²) in [6.07, 6.45) is 4.92. The standard InChI is InChI=1S/C16H23N3O/c17-9-12-3-5-14(6-4-12)19(15-7-8-15)11-16(20)18-10-13-1-2-13/h3-6,13,15H,1-2,7-11,17H2,(H,18,20). The van der Waals surface area contributed by atoms with Crippen molar-refractivity contribution in [2.24, 2.45) is 11.7 Å². The summed E-state index contributed by atoms with van der Waals surface area (Å²) in [6.45, 7) is 1.88. The monoisotopic (exact) mass is 273 g/mol. The van der Waals surface area contributed by atoms with Crippen LogP contribution in [0.4, 0.5) is 5.69 Å². The van der Waals surface area contributed by atoms with Crippen LogP contribution >= 0.6 is 0 Å². The molecule has 0 heterocycles. The Hall–Kier alpha value is -1.55. The van der Waals surface area contributed by atoms with Crippen LogP contribution in [0, 0.1) is 5.92 Å². The predicted octanol–water partition coefficient (Wildman–Crippen LogP) is 1.64. The van der Waals surface area contributed by atoms with Gasteiger partial charge in [-0.15, -0.1) is 0 Å². The zero-order valence-corrected chi connectivity index (χ0v) is 11.8. The maximum atomic E-state index is 12.0. The molecule has 0 bridgehead atoms. The first kappa shape index (κ1) is 13.4. The molecule has 1 amide bonds. The van der Waals surface area contributed by atoms with Crippen molar-refractivity contribution in [1.29, 1.82) is 0 Å². The van der Waals surface area contributed by atoms with Gasteiger partial charge in [-0.25, -0.2) is 0 Å². The van der Waals surface area contributed by atoms with Gasteiger partial charge >= 0.3 is 0 Å². The van der Waals surface area contributed by atoms with Gasteiger partial charge in [0.05, 0.1) is 6.54 Å². The lowest BCUT2D eigenvalue weighted by molar-refractivity contribution is -0.119. The van der Waals surface area contributed by atoms with E-state index < -0.39 is 0 Å². The molecular weight excluding hydrogens is 250 g/mol. The molecule has 4 nitrogen and oxygen atoms in total. The molecule has 0 spiro atoms. The highest BCUT2D eigenvalue weighted by atomic mass is 16.2. The Morgan fingerprint density at radius 3 is 2.45 bits per heavy atom. The number of nitrogens with zero attached hydrogens (tertiary/aromatic N) is 1. The summed E-state index contributed by atoms with van der Waals surface area (Å²) in [5.41, 5.74) is 7.88. The minimum atomic E-state index is 0.145. The third kappa shape index (κ3) is 3.51. The van der Waals surface area contributed by atoms with Crippen LogP contribution in [0.2, 0.25) is 0 Å². The van der Waals surface area contributed by atoms with Crippen LogP contribution in [0.5, 0.6) is 0 Å². The Morgan fingerprint density at radius 2 is 1.90 bits per heavy atom. The highest BCUT2D eigenvalue weighted by Gasteiger charge is 2.31. The number of hydrogen-bond donors (Lipinski definition) is 2. The first-order chi connectivity index (χ1) is 9.76. The lowest BCUT2D eigenvalue weighted by Crippen LogP contribution is -2.39. The van der Waals surface area contributed by atoms with E-state index >= 15 is 0 Å². The molecule has 1 aromatic rings. The molecule has 3 N–H and O–H groups in total. The van der Waals surface area contributed by atoms with Crippen LogP contribution in [-0.4, -0.2) is 25.0 Å². The van der Waals surface area contributed by atoms with Gasteiger partial charge in [-0.05, 0) is 49.3 Å². The Kier molecular flexibility index (Phi) is 3.92. The fourth-order valence-corrected chi connectivity index (χ4v) is 2.43. The van der Waals surface area contributed by atoms with Crippen LogP contribution in [0.1, 0.15) is 31.2 Å². The summed E-state index contributed by atoms with van der Waals surface area (Å²) in [5.74, 6) is 0.879. The van der Waals surface area contributed by atoms with E-state index in [2.05, 4.69) is 22.3 Å². The maximum Gasteiger partial charge on any atom is 0.239 e. The summed E-state index contributed by atoms with van der Waals surface area (Å²) in [5, 5.41) is 3.05. The Balaban J connectivity index is 1.60. The zero-order chi connectivity index (χ0) is 13.9. The molecule has 2 aliphatic rings. The SMILES string of the molecule is NCc1ccc(N(CC(=O)NCC2CC2)C2CC2)cc1. The highest BCUT2D eigenvalue weighted by molar-refractivity contribution is 5.81. The molecule has 0 unspecified atom stereocenters. The smallest absolute Gasteiger partial charge is 0.239 e. The second kappa shape index (κ2) is 5.83. The number of amides is 1. The first-order valence-corrected chi connectivity index (χ1v) is 7.58. The first-order valence-electron chi connectivity index (χ1n) is 7.58. The molecule has 0 radical (unpaired) electrons. The molecule has 3 rings (SSSR count). The molecule has 2 saturated carbocycles. The van der Waals surface area contributed by atoms with E-state index in [4.69, 9.17) is 5.73 Å². The van der Waals surface area contributed by atoms with E-state index in [1.54, 1.807) is 0 Å². The van der Waals surface area contributed by atoms with Gasteiger partial charge in [0.2, 0.25) is 5.91 Å². The number of benzene rings is 1. The van der Waals surface area contributed by atoms with E-state index in [1.807, 2.05) is 12.1 Å². The number of carbonyl (C=O) groups excluding carboxylic acids is 1. The van der Waals surface area contributed by atoms with Crippen LogP contribution in [0.15, 0.2) is 24.3 Å². The third-order valence-electron chi connectivity index (χ3n) is 4.09. The van der Waals surface area contributed by atoms with E-state index in [0.29, 0.717) is 19.1 Å². The van der Waals surface area contributed by atoms with E-state index in [0.717, 1.165) is 23.7 Å². The number of nitrogens with one attached hydrogen (secondary N) is 1. The molecule has 0 aromatic heterocycles. The van der Waals surface area contributed by atoms with Crippen LogP contribution < -0.4 is 16.0 Å². The Labute approximate surface area is 120 Å². The molecule has 4 heteroatoms. The number of rotatable bonds is 7. The van der Waals surface area contributed by atoms with Crippen molar-refractivity contribution in [3.63, 3.8) is 0 Å². The lowest BCUT2D eigenvalue weighted by Gasteiger charge is -2.24. The van der Waals surface area contributed by atoms with Crippen LogP contribution in [-0.2, 0) is 11.3 Å². The lowest BCUT2D eigenvalue weighted by atomic mass is 10.2. The molecule has 2 fully saturated rings. The average molecular weight is 273 g/mol. The summed E-state index contributed by atoms with van der Waals surface area (Å²) >= 11 is 0. The number of hydrogen-bond acceptors (Lipinski definition) is 3. The summed E-state index contributed by atoms with van der Waals surface area (Å²) in [4.78, 5) is 14.3. The molecule has 0 aliphatic heterocycles. The van der Waals surface area contributed by atoms with Gasteiger partial charge < -0.3 is 16.0 Å². The fraction of sp³-hybridized carbons (Fsp3) is 0.562. The van der Waals surface area contributed by atoms with Crippen molar-refractivity contribution in [2.75, 3.05) is 18.0 Å². The quantitative estimate of drug-likeness (QED) is 0.794. The number of carbonyl (C=O) groups is 1. The van der Waals surface area contributed by atoms with Gasteiger partial charge in [-0.2, -0.15) is 0 Å². The Morgan fingerprint density at radius 1 is 1.20 bits per heavy atom. The molecule has 2 aliphatic carbocycles. The normalized spacial score (nSPS) is 17.9. The minimum Gasteiger partial charge on any atom is -0.359 e. The van der Waals surface area contributed by atoms with Crippen molar-refractivity contribution in [1.82, 2.24) is 5.32 Å². The summed E-state index contributed by atoms with van der Waals surface area (Å²) in [7, 11) is 0. The van der Waals surface area contributed by atoms with Crippen molar-refractivity contribution in [3.8, 4) is 0 Å².